The summed E-state index contributed by atoms with van der Waals surface area (Å²) in [7, 11) is 0. The summed E-state index contributed by atoms with van der Waals surface area (Å²) >= 11 is 0. The SMILES string of the molecule is O=C1CC[C@@H](c2coc3ccc4cc(OCCCN5CCCC5)ccc4c23)C(=O)C1. The van der Waals surface area contributed by atoms with Crippen LogP contribution in [0.4, 0.5) is 0 Å². The van der Waals surface area contributed by atoms with E-state index in [1.807, 2.05) is 18.2 Å². The predicted molar refractivity (Wildman–Crippen MR) is 116 cm³/mol. The number of likely N-dealkylation sites (tertiary alicyclic amines) is 1. The molecule has 30 heavy (non-hydrogen) atoms. The lowest BCUT2D eigenvalue weighted by Crippen LogP contribution is -2.23. The van der Waals surface area contributed by atoms with Gasteiger partial charge in [0.25, 0.3) is 0 Å². The maximum absolute atomic E-state index is 12.5. The van der Waals surface area contributed by atoms with Gasteiger partial charge in [-0.3, -0.25) is 9.59 Å². The van der Waals surface area contributed by atoms with Crippen LogP contribution in [-0.4, -0.2) is 42.7 Å². The zero-order valence-corrected chi connectivity index (χ0v) is 17.2. The van der Waals surface area contributed by atoms with Crippen molar-refractivity contribution >= 4 is 33.3 Å². The third-order valence-corrected chi connectivity index (χ3v) is 6.49. The van der Waals surface area contributed by atoms with E-state index in [1.54, 1.807) is 6.26 Å². The van der Waals surface area contributed by atoms with Crippen LogP contribution in [0.3, 0.4) is 0 Å². The van der Waals surface area contributed by atoms with Gasteiger partial charge in [0.15, 0.2) is 0 Å². The normalized spacial score (nSPS) is 20.5. The molecule has 0 unspecified atom stereocenters. The van der Waals surface area contributed by atoms with E-state index < -0.39 is 0 Å². The first-order chi connectivity index (χ1) is 14.7. The molecule has 1 aliphatic heterocycles. The van der Waals surface area contributed by atoms with Crippen LogP contribution in [-0.2, 0) is 9.59 Å². The van der Waals surface area contributed by atoms with E-state index in [-0.39, 0.29) is 23.9 Å². The molecule has 2 aliphatic rings. The average molecular weight is 405 g/mol. The van der Waals surface area contributed by atoms with Gasteiger partial charge in [0.1, 0.15) is 22.9 Å². The highest BCUT2D eigenvalue weighted by Gasteiger charge is 2.31. The second-order valence-corrected chi connectivity index (χ2v) is 8.54. The predicted octanol–water partition coefficient (Wildman–Crippen LogP) is 4.86. The van der Waals surface area contributed by atoms with Crippen LogP contribution in [0, 0.1) is 0 Å². The fraction of sp³-hybridized carbons (Fsp3) is 0.440. The minimum absolute atomic E-state index is 0.00362. The van der Waals surface area contributed by atoms with Crippen molar-refractivity contribution in [2.75, 3.05) is 26.2 Å². The number of Topliss-reactive ketones (excluding diaryl/α,β-unsaturated/α-hetero) is 2. The Morgan fingerprint density at radius 3 is 2.80 bits per heavy atom. The first kappa shape index (κ1) is 19.3. The van der Waals surface area contributed by atoms with E-state index in [1.165, 1.54) is 25.9 Å². The van der Waals surface area contributed by atoms with Crippen LogP contribution in [0.1, 0.15) is 50.0 Å². The summed E-state index contributed by atoms with van der Waals surface area (Å²) in [5, 5.41) is 3.12. The number of nitrogens with zero attached hydrogens (tertiary/aromatic N) is 1. The number of ketones is 2. The van der Waals surface area contributed by atoms with E-state index in [2.05, 4.69) is 17.0 Å². The lowest BCUT2D eigenvalue weighted by molar-refractivity contribution is -0.130. The minimum atomic E-state index is -0.254. The third kappa shape index (κ3) is 3.74. The molecule has 0 radical (unpaired) electrons. The maximum atomic E-state index is 12.5. The van der Waals surface area contributed by atoms with Crippen LogP contribution >= 0.6 is 0 Å². The first-order valence-corrected chi connectivity index (χ1v) is 11.0. The monoisotopic (exact) mass is 405 g/mol. The van der Waals surface area contributed by atoms with Gasteiger partial charge in [0.05, 0.1) is 19.3 Å². The molecule has 0 N–H and O–H groups in total. The van der Waals surface area contributed by atoms with E-state index in [0.717, 1.165) is 46.0 Å². The molecule has 0 amide bonds. The molecule has 2 heterocycles. The zero-order chi connectivity index (χ0) is 20.5. The molecule has 5 rings (SSSR count). The quantitative estimate of drug-likeness (QED) is 0.433. The molecule has 2 aromatic carbocycles. The Kier molecular flexibility index (Phi) is 5.30. The van der Waals surface area contributed by atoms with Crippen molar-refractivity contribution in [2.45, 2.75) is 44.4 Å². The number of hydrogen-bond acceptors (Lipinski definition) is 5. The number of ether oxygens (including phenoxy) is 1. The van der Waals surface area contributed by atoms with Crippen molar-refractivity contribution in [3.63, 3.8) is 0 Å². The number of furan rings is 1. The van der Waals surface area contributed by atoms with Crippen molar-refractivity contribution in [2.24, 2.45) is 0 Å². The summed E-state index contributed by atoms with van der Waals surface area (Å²) in [5.74, 6) is 0.660. The van der Waals surface area contributed by atoms with E-state index in [9.17, 15) is 9.59 Å². The summed E-state index contributed by atoms with van der Waals surface area (Å²) in [4.78, 5) is 26.6. The Morgan fingerprint density at radius 1 is 1.10 bits per heavy atom. The van der Waals surface area contributed by atoms with Crippen LogP contribution in [0.25, 0.3) is 21.7 Å². The van der Waals surface area contributed by atoms with Gasteiger partial charge in [-0.2, -0.15) is 0 Å². The van der Waals surface area contributed by atoms with Crippen molar-refractivity contribution in [3.8, 4) is 5.75 Å². The van der Waals surface area contributed by atoms with E-state index in [0.29, 0.717) is 19.4 Å². The number of benzene rings is 2. The Bertz CT molecular complexity index is 1090. The Morgan fingerprint density at radius 2 is 1.97 bits per heavy atom. The second-order valence-electron chi connectivity index (χ2n) is 8.54. The van der Waals surface area contributed by atoms with Gasteiger partial charge in [0.2, 0.25) is 0 Å². The third-order valence-electron chi connectivity index (χ3n) is 6.49. The van der Waals surface area contributed by atoms with Gasteiger partial charge in [-0.05, 0) is 73.8 Å². The number of rotatable bonds is 6. The number of hydrogen-bond donors (Lipinski definition) is 0. The van der Waals surface area contributed by atoms with Crippen molar-refractivity contribution in [1.29, 1.82) is 0 Å². The van der Waals surface area contributed by atoms with Gasteiger partial charge in [-0.25, -0.2) is 0 Å². The Labute approximate surface area is 176 Å². The van der Waals surface area contributed by atoms with Gasteiger partial charge in [-0.15, -0.1) is 0 Å². The van der Waals surface area contributed by atoms with Crippen LogP contribution in [0.15, 0.2) is 41.0 Å². The molecule has 156 valence electrons. The number of carbonyl (C=O) groups is 2. The molecule has 0 spiro atoms. The lowest BCUT2D eigenvalue weighted by atomic mass is 9.81. The molecule has 1 aromatic heterocycles. The largest absolute Gasteiger partial charge is 0.494 e. The lowest BCUT2D eigenvalue weighted by Gasteiger charge is -2.19. The zero-order valence-electron chi connectivity index (χ0n) is 17.2. The van der Waals surface area contributed by atoms with Crippen molar-refractivity contribution < 1.29 is 18.7 Å². The molecule has 5 nitrogen and oxygen atoms in total. The fourth-order valence-electron chi connectivity index (χ4n) is 4.90. The van der Waals surface area contributed by atoms with Gasteiger partial charge in [-0.1, -0.05) is 6.07 Å². The highest BCUT2D eigenvalue weighted by molar-refractivity contribution is 6.11. The van der Waals surface area contributed by atoms with Crippen LogP contribution < -0.4 is 4.74 Å². The molecule has 1 atom stereocenters. The maximum Gasteiger partial charge on any atom is 0.147 e. The standard InChI is InChI=1S/C25H27NO4/c27-18-5-7-21(23(28)15-18)22-16-30-24-9-4-17-14-19(6-8-20(17)25(22)24)29-13-3-12-26-10-1-2-11-26/h4,6,8-9,14,16,21H,1-3,5,7,10-13,15H2/t21-/m0/s1. The molecule has 2 fully saturated rings. The van der Waals surface area contributed by atoms with Gasteiger partial charge < -0.3 is 14.1 Å². The number of carbonyl (C=O) groups excluding carboxylic acids is 2. The highest BCUT2D eigenvalue weighted by Crippen LogP contribution is 2.38. The van der Waals surface area contributed by atoms with Crippen molar-refractivity contribution in [1.82, 2.24) is 4.90 Å². The molecule has 1 aliphatic carbocycles. The summed E-state index contributed by atoms with van der Waals surface area (Å²) in [6.07, 6.45) is 6.44. The molecule has 3 aromatic rings. The van der Waals surface area contributed by atoms with Gasteiger partial charge >= 0.3 is 0 Å². The van der Waals surface area contributed by atoms with Crippen LogP contribution in [0.2, 0.25) is 0 Å². The summed E-state index contributed by atoms with van der Waals surface area (Å²) in [5.41, 5.74) is 1.69. The summed E-state index contributed by atoms with van der Waals surface area (Å²) in [6.45, 7) is 4.25. The molecule has 0 bridgehead atoms. The average Bonchev–Trinajstić information content (AvgIpc) is 3.41. The molecule has 1 saturated heterocycles. The van der Waals surface area contributed by atoms with Crippen LogP contribution in [0.5, 0.6) is 5.75 Å². The summed E-state index contributed by atoms with van der Waals surface area (Å²) < 4.78 is 11.8. The highest BCUT2D eigenvalue weighted by atomic mass is 16.5. The summed E-state index contributed by atoms with van der Waals surface area (Å²) in [6, 6.07) is 10.1. The molecule has 5 heteroatoms. The smallest absolute Gasteiger partial charge is 0.147 e. The fourth-order valence-corrected chi connectivity index (χ4v) is 4.90. The minimum Gasteiger partial charge on any atom is -0.494 e. The second kappa shape index (κ2) is 8.23. The first-order valence-electron chi connectivity index (χ1n) is 11.0. The molecular weight excluding hydrogens is 378 g/mol. The topological polar surface area (TPSA) is 59.8 Å². The Hall–Kier alpha value is -2.66. The number of fused-ring (bicyclic) bond motifs is 3. The van der Waals surface area contributed by atoms with E-state index >= 15 is 0 Å². The molecular formula is C25H27NO4. The van der Waals surface area contributed by atoms with Crippen molar-refractivity contribution in [3.05, 3.63) is 42.2 Å². The van der Waals surface area contributed by atoms with E-state index in [4.69, 9.17) is 9.15 Å². The molecule has 1 saturated carbocycles. The Balaban J connectivity index is 1.36. The van der Waals surface area contributed by atoms with Gasteiger partial charge in [0, 0.05) is 29.8 Å².